The fraction of sp³-hybridized carbons (Fsp3) is 0.586. The molecule has 0 fully saturated rings. The molecule has 2 atom stereocenters. The highest BCUT2D eigenvalue weighted by Crippen LogP contribution is 2.29. The lowest BCUT2D eigenvalue weighted by atomic mass is 10.00. The maximum Gasteiger partial charge on any atom is 0.131 e. The first-order valence-corrected chi connectivity index (χ1v) is 12.8. The molecule has 0 saturated heterocycles. The summed E-state index contributed by atoms with van der Waals surface area (Å²) < 4.78 is 6.78. The molecule has 32 heavy (non-hydrogen) atoms. The van der Waals surface area contributed by atoms with E-state index in [1.165, 1.54) is 64.2 Å². The van der Waals surface area contributed by atoms with E-state index in [2.05, 4.69) is 27.9 Å². The van der Waals surface area contributed by atoms with E-state index in [9.17, 15) is 5.11 Å². The molecule has 0 spiro atoms. The van der Waals surface area contributed by atoms with Crippen LogP contribution in [0.2, 0.25) is 0 Å². The number of nitrogens with zero attached hydrogens (tertiary/aromatic N) is 1. The molecular weight excluding hydrogens is 394 g/mol. The number of rotatable bonds is 16. The van der Waals surface area contributed by atoms with Gasteiger partial charge in [-0.1, -0.05) is 88.6 Å². The van der Waals surface area contributed by atoms with Crippen molar-refractivity contribution in [3.05, 3.63) is 60.2 Å². The van der Waals surface area contributed by atoms with Crippen molar-refractivity contribution in [2.75, 3.05) is 20.6 Å². The zero-order valence-electron chi connectivity index (χ0n) is 20.9. The summed E-state index contributed by atoms with van der Waals surface area (Å²) in [4.78, 5) is 0. The molecule has 0 bridgehead atoms. The van der Waals surface area contributed by atoms with Gasteiger partial charge >= 0.3 is 0 Å². The van der Waals surface area contributed by atoms with Crippen LogP contribution in [0, 0.1) is 0 Å². The Labute approximate surface area is 197 Å². The Morgan fingerprint density at radius 1 is 0.750 bits per heavy atom. The van der Waals surface area contributed by atoms with Crippen molar-refractivity contribution in [1.82, 2.24) is 0 Å². The first-order chi connectivity index (χ1) is 15.4. The van der Waals surface area contributed by atoms with E-state index in [1.54, 1.807) is 0 Å². The highest BCUT2D eigenvalue weighted by molar-refractivity contribution is 5.34. The van der Waals surface area contributed by atoms with Gasteiger partial charge in [0.25, 0.3) is 0 Å². The SMILES string of the molecule is CCCCCCCCCCCC[N+](C)(C)C(C)C(O)c1cccc(Oc2ccccc2)c1. The minimum absolute atomic E-state index is 0.112. The highest BCUT2D eigenvalue weighted by Gasteiger charge is 2.31. The van der Waals surface area contributed by atoms with Gasteiger partial charge in [-0.05, 0) is 49.6 Å². The Morgan fingerprint density at radius 2 is 1.31 bits per heavy atom. The van der Waals surface area contributed by atoms with Gasteiger partial charge in [0.2, 0.25) is 0 Å². The Bertz CT molecular complexity index is 744. The molecule has 0 amide bonds. The Hall–Kier alpha value is -1.84. The van der Waals surface area contributed by atoms with E-state index in [1.807, 2.05) is 54.6 Å². The third-order valence-electron chi connectivity index (χ3n) is 6.83. The zero-order valence-corrected chi connectivity index (χ0v) is 20.9. The van der Waals surface area contributed by atoms with Crippen LogP contribution in [0.4, 0.5) is 0 Å². The number of para-hydroxylation sites is 1. The van der Waals surface area contributed by atoms with Crippen LogP contribution in [0.5, 0.6) is 11.5 Å². The van der Waals surface area contributed by atoms with Crippen molar-refractivity contribution in [3.8, 4) is 11.5 Å². The Morgan fingerprint density at radius 3 is 1.94 bits per heavy atom. The smallest absolute Gasteiger partial charge is 0.131 e. The van der Waals surface area contributed by atoms with E-state index < -0.39 is 6.10 Å². The molecular formula is C29H46NO2+. The highest BCUT2D eigenvalue weighted by atomic mass is 16.5. The molecule has 0 aliphatic rings. The number of aliphatic hydroxyl groups is 1. The van der Waals surface area contributed by atoms with E-state index in [0.717, 1.165) is 28.1 Å². The number of hydrogen-bond acceptors (Lipinski definition) is 2. The first-order valence-electron chi connectivity index (χ1n) is 12.8. The summed E-state index contributed by atoms with van der Waals surface area (Å²) in [5.74, 6) is 1.57. The number of aliphatic hydroxyl groups excluding tert-OH is 1. The molecule has 0 saturated carbocycles. The van der Waals surface area contributed by atoms with Gasteiger partial charge in [0.1, 0.15) is 23.6 Å². The van der Waals surface area contributed by atoms with Crippen LogP contribution in [0.25, 0.3) is 0 Å². The molecule has 2 unspecified atom stereocenters. The average molecular weight is 441 g/mol. The summed E-state index contributed by atoms with van der Waals surface area (Å²) >= 11 is 0. The number of hydrogen-bond donors (Lipinski definition) is 1. The molecule has 2 aromatic rings. The lowest BCUT2D eigenvalue weighted by Gasteiger charge is -2.39. The number of unbranched alkanes of at least 4 members (excludes halogenated alkanes) is 9. The molecule has 0 heterocycles. The summed E-state index contributed by atoms with van der Waals surface area (Å²) in [6.45, 7) is 5.53. The fourth-order valence-electron chi connectivity index (χ4n) is 4.26. The van der Waals surface area contributed by atoms with Crippen LogP contribution in [0.1, 0.15) is 89.7 Å². The van der Waals surface area contributed by atoms with Crippen LogP contribution < -0.4 is 4.74 Å². The van der Waals surface area contributed by atoms with Crippen molar-refractivity contribution in [1.29, 1.82) is 0 Å². The third kappa shape index (κ3) is 9.34. The molecule has 2 aromatic carbocycles. The lowest BCUT2D eigenvalue weighted by Crippen LogP contribution is -2.50. The lowest BCUT2D eigenvalue weighted by molar-refractivity contribution is -0.917. The quantitative estimate of drug-likeness (QED) is 0.212. The molecule has 3 heteroatoms. The third-order valence-corrected chi connectivity index (χ3v) is 6.83. The summed E-state index contributed by atoms with van der Waals surface area (Å²) in [7, 11) is 4.48. The van der Waals surface area contributed by atoms with Gasteiger partial charge in [-0.15, -0.1) is 0 Å². The van der Waals surface area contributed by atoms with Crippen LogP contribution in [0.15, 0.2) is 54.6 Å². The predicted molar refractivity (Wildman–Crippen MR) is 136 cm³/mol. The van der Waals surface area contributed by atoms with Crippen molar-refractivity contribution in [3.63, 3.8) is 0 Å². The van der Waals surface area contributed by atoms with Gasteiger partial charge < -0.3 is 14.3 Å². The van der Waals surface area contributed by atoms with E-state index in [4.69, 9.17) is 4.74 Å². The maximum absolute atomic E-state index is 11.1. The van der Waals surface area contributed by atoms with Crippen molar-refractivity contribution >= 4 is 0 Å². The zero-order chi connectivity index (χ0) is 23.2. The molecule has 0 radical (unpaired) electrons. The van der Waals surface area contributed by atoms with Gasteiger partial charge in [-0.25, -0.2) is 0 Å². The fourth-order valence-corrected chi connectivity index (χ4v) is 4.26. The van der Waals surface area contributed by atoms with Crippen molar-refractivity contribution in [2.45, 2.75) is 90.2 Å². The van der Waals surface area contributed by atoms with E-state index in [0.29, 0.717) is 0 Å². The molecule has 2 rings (SSSR count). The van der Waals surface area contributed by atoms with E-state index in [-0.39, 0.29) is 6.04 Å². The van der Waals surface area contributed by atoms with Gasteiger partial charge in [0.15, 0.2) is 0 Å². The molecule has 178 valence electrons. The van der Waals surface area contributed by atoms with Gasteiger partial charge in [0.05, 0.1) is 20.6 Å². The Balaban J connectivity index is 1.75. The van der Waals surface area contributed by atoms with Gasteiger partial charge in [-0.2, -0.15) is 0 Å². The molecule has 1 N–H and O–H groups in total. The molecule has 0 aliphatic carbocycles. The monoisotopic (exact) mass is 440 g/mol. The minimum Gasteiger partial charge on any atom is -0.457 e. The molecule has 0 aromatic heterocycles. The summed E-state index contributed by atoms with van der Waals surface area (Å²) in [5.41, 5.74) is 0.917. The van der Waals surface area contributed by atoms with Crippen LogP contribution in [-0.2, 0) is 0 Å². The number of ether oxygens (including phenoxy) is 1. The largest absolute Gasteiger partial charge is 0.457 e. The van der Waals surface area contributed by atoms with Crippen LogP contribution >= 0.6 is 0 Å². The number of likely N-dealkylation sites (N-methyl/N-ethyl adjacent to an activating group) is 1. The van der Waals surface area contributed by atoms with Crippen molar-refractivity contribution in [2.24, 2.45) is 0 Å². The number of quaternary nitrogens is 1. The average Bonchev–Trinajstić information content (AvgIpc) is 2.80. The maximum atomic E-state index is 11.1. The van der Waals surface area contributed by atoms with Crippen LogP contribution in [-0.4, -0.2) is 36.3 Å². The standard InChI is InChI=1S/C29H46NO2/c1-5-6-7-8-9-10-11-12-13-17-23-30(3,4)25(2)29(31)26-19-18-22-28(24-26)32-27-20-15-14-16-21-27/h14-16,18-22,24-25,29,31H,5-13,17,23H2,1-4H3/q+1. The second-order valence-corrected chi connectivity index (χ2v) is 9.86. The Kier molecular flexibility index (Phi) is 11.8. The normalized spacial score (nSPS) is 13.7. The second kappa shape index (κ2) is 14.3. The number of benzene rings is 2. The first kappa shape index (κ1) is 26.4. The summed E-state index contributed by atoms with van der Waals surface area (Å²) in [6.07, 6.45) is 13.0. The minimum atomic E-state index is -0.521. The van der Waals surface area contributed by atoms with Gasteiger partial charge in [-0.3, -0.25) is 0 Å². The van der Waals surface area contributed by atoms with Gasteiger partial charge in [0, 0.05) is 0 Å². The molecule has 3 nitrogen and oxygen atoms in total. The second-order valence-electron chi connectivity index (χ2n) is 9.86. The summed E-state index contributed by atoms with van der Waals surface area (Å²) in [5, 5.41) is 11.1. The van der Waals surface area contributed by atoms with E-state index >= 15 is 0 Å². The summed E-state index contributed by atoms with van der Waals surface area (Å²) in [6, 6.07) is 17.8. The molecule has 0 aliphatic heterocycles. The topological polar surface area (TPSA) is 29.5 Å². The van der Waals surface area contributed by atoms with Crippen LogP contribution in [0.3, 0.4) is 0 Å². The van der Waals surface area contributed by atoms with Crippen molar-refractivity contribution < 1.29 is 14.3 Å². The predicted octanol–water partition coefficient (Wildman–Crippen LogP) is 7.90.